The molecule has 90 valence electrons. The average molecular weight is 247 g/mol. The van der Waals surface area contributed by atoms with Crippen molar-refractivity contribution in [1.29, 1.82) is 0 Å². The Bertz CT molecular complexity index is 315. The lowest BCUT2D eigenvalue weighted by Gasteiger charge is -2.12. The van der Waals surface area contributed by atoms with Gasteiger partial charge in [0.15, 0.2) is 0 Å². The first-order valence-corrected chi connectivity index (χ1v) is 5.39. The summed E-state index contributed by atoms with van der Waals surface area (Å²) in [5.74, 6) is 0.995. The Labute approximate surface area is 99.4 Å². The molecule has 1 N–H and O–H groups in total. The van der Waals surface area contributed by atoms with Gasteiger partial charge in [-0.2, -0.15) is 9.97 Å². The quantitative estimate of drug-likeness (QED) is 0.764. The van der Waals surface area contributed by atoms with E-state index in [0.717, 1.165) is 6.42 Å². The van der Waals surface area contributed by atoms with E-state index in [1.54, 1.807) is 0 Å². The van der Waals surface area contributed by atoms with Gasteiger partial charge in [-0.25, -0.2) is 0 Å². The highest BCUT2D eigenvalue weighted by molar-refractivity contribution is 6.17. The van der Waals surface area contributed by atoms with Crippen molar-refractivity contribution in [1.82, 2.24) is 15.0 Å². The van der Waals surface area contributed by atoms with E-state index in [9.17, 15) is 0 Å². The third kappa shape index (κ3) is 3.69. The largest absolute Gasteiger partial charge is 0.467 e. The number of alkyl halides is 1. The summed E-state index contributed by atoms with van der Waals surface area (Å²) in [6.07, 6.45) is 0.817. The summed E-state index contributed by atoms with van der Waals surface area (Å²) in [5, 5.41) is 3.09. The zero-order chi connectivity index (χ0) is 12.0. The van der Waals surface area contributed by atoms with Crippen molar-refractivity contribution in [2.45, 2.75) is 19.4 Å². The third-order valence-electron chi connectivity index (χ3n) is 1.88. The molecule has 0 spiro atoms. The second-order valence-corrected chi connectivity index (χ2v) is 3.53. The summed E-state index contributed by atoms with van der Waals surface area (Å²) in [7, 11) is 2.97. The summed E-state index contributed by atoms with van der Waals surface area (Å²) in [6.45, 7) is 1.99. The molecule has 0 aliphatic heterocycles. The number of nitrogens with zero attached hydrogens (tertiary/aromatic N) is 3. The van der Waals surface area contributed by atoms with E-state index in [4.69, 9.17) is 21.1 Å². The van der Waals surface area contributed by atoms with Crippen molar-refractivity contribution in [3.8, 4) is 12.0 Å². The number of nitrogens with one attached hydrogen (secondary N) is 1. The van der Waals surface area contributed by atoms with Crippen LogP contribution in [0.5, 0.6) is 12.0 Å². The van der Waals surface area contributed by atoms with Gasteiger partial charge in [0.05, 0.1) is 14.2 Å². The van der Waals surface area contributed by atoms with Crippen molar-refractivity contribution in [3.05, 3.63) is 0 Å². The third-order valence-corrected chi connectivity index (χ3v) is 2.10. The molecular formula is C9H15ClN4O2. The summed E-state index contributed by atoms with van der Waals surface area (Å²) in [4.78, 5) is 12.0. The molecule has 0 saturated carbocycles. The van der Waals surface area contributed by atoms with E-state index in [-0.39, 0.29) is 18.1 Å². The monoisotopic (exact) mass is 246 g/mol. The Balaban J connectivity index is 2.78. The minimum absolute atomic E-state index is 0.175. The summed E-state index contributed by atoms with van der Waals surface area (Å²) in [5.41, 5.74) is 0. The van der Waals surface area contributed by atoms with Crippen LogP contribution in [-0.4, -0.2) is 41.1 Å². The molecule has 0 saturated heterocycles. The van der Waals surface area contributed by atoms with Crippen molar-refractivity contribution >= 4 is 17.5 Å². The second-order valence-electron chi connectivity index (χ2n) is 3.16. The van der Waals surface area contributed by atoms with Crippen LogP contribution in [0, 0.1) is 0 Å². The molecule has 1 aromatic rings. The van der Waals surface area contributed by atoms with Crippen LogP contribution in [0.4, 0.5) is 5.95 Å². The highest BCUT2D eigenvalue weighted by Gasteiger charge is 2.09. The molecule has 6 nitrogen and oxygen atoms in total. The Morgan fingerprint density at radius 3 is 2.19 bits per heavy atom. The van der Waals surface area contributed by atoms with Crippen LogP contribution in [0.2, 0.25) is 0 Å². The topological polar surface area (TPSA) is 69.2 Å². The summed E-state index contributed by atoms with van der Waals surface area (Å²) in [6, 6.07) is 0.606. The SMILES string of the molecule is COc1nc(NC(C)CCCl)nc(OC)n1. The van der Waals surface area contributed by atoms with Gasteiger partial charge in [0.25, 0.3) is 0 Å². The number of methoxy groups -OCH3 is 2. The minimum atomic E-state index is 0.175. The van der Waals surface area contributed by atoms with E-state index < -0.39 is 0 Å². The molecular weight excluding hydrogens is 232 g/mol. The number of aromatic nitrogens is 3. The van der Waals surface area contributed by atoms with E-state index >= 15 is 0 Å². The van der Waals surface area contributed by atoms with Crippen molar-refractivity contribution in [2.24, 2.45) is 0 Å². The minimum Gasteiger partial charge on any atom is -0.467 e. The second kappa shape index (κ2) is 6.32. The zero-order valence-corrected chi connectivity index (χ0v) is 10.3. The molecule has 1 atom stereocenters. The van der Waals surface area contributed by atoms with Gasteiger partial charge in [-0.1, -0.05) is 0 Å². The van der Waals surface area contributed by atoms with Crippen molar-refractivity contribution in [3.63, 3.8) is 0 Å². The van der Waals surface area contributed by atoms with E-state index in [1.165, 1.54) is 14.2 Å². The van der Waals surface area contributed by atoms with Crippen LogP contribution in [0.15, 0.2) is 0 Å². The van der Waals surface area contributed by atoms with Crippen molar-refractivity contribution in [2.75, 3.05) is 25.4 Å². The number of hydrogen-bond donors (Lipinski definition) is 1. The number of rotatable bonds is 6. The maximum absolute atomic E-state index is 5.64. The molecule has 1 aromatic heterocycles. The Morgan fingerprint density at radius 2 is 1.75 bits per heavy atom. The van der Waals surface area contributed by atoms with Gasteiger partial charge >= 0.3 is 12.0 Å². The molecule has 0 fully saturated rings. The number of ether oxygens (including phenoxy) is 2. The summed E-state index contributed by atoms with van der Waals surface area (Å²) >= 11 is 5.64. The molecule has 0 amide bonds. The highest BCUT2D eigenvalue weighted by atomic mass is 35.5. The molecule has 1 rings (SSSR count). The first-order valence-electron chi connectivity index (χ1n) is 4.86. The zero-order valence-electron chi connectivity index (χ0n) is 9.53. The van der Waals surface area contributed by atoms with Crippen LogP contribution in [0.25, 0.3) is 0 Å². The van der Waals surface area contributed by atoms with E-state index in [0.29, 0.717) is 11.8 Å². The van der Waals surface area contributed by atoms with Crippen LogP contribution in [-0.2, 0) is 0 Å². The standard InChI is InChI=1S/C9H15ClN4O2/c1-6(4-5-10)11-7-12-8(15-2)14-9(13-7)16-3/h6H,4-5H2,1-3H3,(H,11,12,13,14). The van der Waals surface area contributed by atoms with Crippen LogP contribution in [0.3, 0.4) is 0 Å². The Morgan fingerprint density at radius 1 is 1.19 bits per heavy atom. The van der Waals surface area contributed by atoms with Gasteiger partial charge in [0.2, 0.25) is 5.95 Å². The molecule has 0 aliphatic carbocycles. The fourth-order valence-electron chi connectivity index (χ4n) is 1.04. The normalized spacial score (nSPS) is 12.0. The predicted molar refractivity (Wildman–Crippen MR) is 61.4 cm³/mol. The smallest absolute Gasteiger partial charge is 0.324 e. The number of hydrogen-bond acceptors (Lipinski definition) is 6. The maximum Gasteiger partial charge on any atom is 0.324 e. The lowest BCUT2D eigenvalue weighted by molar-refractivity contribution is 0.341. The van der Waals surface area contributed by atoms with Crippen LogP contribution in [0.1, 0.15) is 13.3 Å². The first kappa shape index (κ1) is 12.8. The van der Waals surface area contributed by atoms with Crippen molar-refractivity contribution < 1.29 is 9.47 Å². The van der Waals surface area contributed by atoms with Gasteiger partial charge in [-0.3, -0.25) is 0 Å². The lowest BCUT2D eigenvalue weighted by Crippen LogP contribution is -2.18. The molecule has 1 heterocycles. The maximum atomic E-state index is 5.64. The van der Waals surface area contributed by atoms with Gasteiger partial charge < -0.3 is 14.8 Å². The molecule has 0 aliphatic rings. The molecule has 1 unspecified atom stereocenters. The lowest BCUT2D eigenvalue weighted by atomic mass is 10.3. The molecule has 0 bridgehead atoms. The number of halogens is 1. The molecule has 0 aromatic carbocycles. The van der Waals surface area contributed by atoms with Crippen LogP contribution >= 0.6 is 11.6 Å². The Kier molecular flexibility index (Phi) is 5.04. The van der Waals surface area contributed by atoms with Crippen LogP contribution < -0.4 is 14.8 Å². The fourth-order valence-corrected chi connectivity index (χ4v) is 1.37. The summed E-state index contributed by atoms with van der Waals surface area (Å²) < 4.78 is 9.86. The van der Waals surface area contributed by atoms with E-state index in [2.05, 4.69) is 20.3 Å². The molecule has 0 radical (unpaired) electrons. The molecule has 7 heteroatoms. The highest BCUT2D eigenvalue weighted by Crippen LogP contribution is 2.13. The van der Waals surface area contributed by atoms with Gasteiger partial charge in [0.1, 0.15) is 0 Å². The van der Waals surface area contributed by atoms with Gasteiger partial charge in [-0.05, 0) is 13.3 Å². The molecule has 16 heavy (non-hydrogen) atoms. The fraction of sp³-hybridized carbons (Fsp3) is 0.667. The predicted octanol–water partition coefficient (Wildman–Crippen LogP) is 1.32. The number of anilines is 1. The first-order chi connectivity index (χ1) is 7.69. The van der Waals surface area contributed by atoms with E-state index in [1.807, 2.05) is 6.92 Å². The van der Waals surface area contributed by atoms with Gasteiger partial charge in [0, 0.05) is 11.9 Å². The van der Waals surface area contributed by atoms with Gasteiger partial charge in [-0.15, -0.1) is 16.6 Å². The average Bonchev–Trinajstić information content (AvgIpc) is 2.28. The Hall–Kier alpha value is -1.30.